The average Bonchev–Trinajstić information content (AvgIpc) is 3.95. The highest BCUT2D eigenvalue weighted by molar-refractivity contribution is 8.13. The first-order valence-electron chi connectivity index (χ1n) is 25.1. The molecular formula is C59H51ClN10O8S2. The van der Waals surface area contributed by atoms with Gasteiger partial charge >= 0.3 is 6.09 Å². The molecule has 0 saturated carbocycles. The zero-order valence-electron chi connectivity index (χ0n) is 44.0. The molecule has 8 heterocycles. The smallest absolute Gasteiger partial charge is 0.410 e. The van der Waals surface area contributed by atoms with Crippen LogP contribution in [0.25, 0.3) is 43.8 Å². The highest BCUT2D eigenvalue weighted by atomic mass is 35.7. The number of nitrogens with zero attached hydrogens (tertiary/aromatic N) is 10. The zero-order chi connectivity index (χ0) is 56.9. The maximum absolute atomic E-state index is 14.1. The van der Waals surface area contributed by atoms with E-state index in [-0.39, 0.29) is 51.1 Å². The summed E-state index contributed by atoms with van der Waals surface area (Å²) in [5.41, 5.74) is 6.48. The van der Waals surface area contributed by atoms with Crippen molar-refractivity contribution in [2.24, 2.45) is 0 Å². The molecule has 4 aromatic heterocycles. The van der Waals surface area contributed by atoms with Gasteiger partial charge in [-0.3, -0.25) is 19.6 Å². The standard InChI is InChI=1S/C31H27N5O3.C27H21N5O3S.CH3ClO2S/c1-30(2,3)39-29(38)35-18-31(19-35)24-10-6-7-11-26(24)36(28(31)37)17-25-27(21-12-13-22(14-32)33-16-21)23-9-5-4-8-20(23)15-34-25;1-36(34,35)31-16-27(17-31)22-8-4-5-9-24(22)32(26(27)33)15-23-25(19-10-11-20(12-28)29-14-19)21-7-3-2-6-18(21)13-30-23;1-5(2,3)4/h4-13,15-16H,17-19H2,1-3H3;2-11,13-14H,15-17H2,1H3;1H3. The molecule has 0 aliphatic carbocycles. The number of anilines is 2. The molecule has 2 fully saturated rings. The Balaban J connectivity index is 0.000000167. The molecule has 12 rings (SSSR count). The van der Waals surface area contributed by atoms with Crippen molar-refractivity contribution in [3.8, 4) is 34.4 Å². The second-order valence-corrected chi connectivity index (χ2v) is 26.0. The zero-order valence-corrected chi connectivity index (χ0v) is 46.4. The number of aromatic nitrogens is 4. The van der Waals surface area contributed by atoms with Gasteiger partial charge in [0.25, 0.3) is 0 Å². The molecule has 4 aliphatic heterocycles. The maximum Gasteiger partial charge on any atom is 0.410 e. The molecule has 4 aliphatic rings. The number of para-hydroxylation sites is 2. The van der Waals surface area contributed by atoms with Gasteiger partial charge in [-0.25, -0.2) is 31.6 Å². The van der Waals surface area contributed by atoms with Gasteiger partial charge < -0.3 is 19.4 Å². The van der Waals surface area contributed by atoms with E-state index in [0.717, 1.165) is 78.3 Å². The van der Waals surface area contributed by atoms with Crippen LogP contribution in [0.5, 0.6) is 0 Å². The van der Waals surface area contributed by atoms with Crippen molar-refractivity contribution in [3.63, 3.8) is 0 Å². The van der Waals surface area contributed by atoms with Crippen molar-refractivity contribution in [2.75, 3.05) is 48.5 Å². The van der Waals surface area contributed by atoms with Gasteiger partial charge in [-0.2, -0.15) is 14.8 Å². The summed E-state index contributed by atoms with van der Waals surface area (Å²) in [6.45, 7) is 6.77. The summed E-state index contributed by atoms with van der Waals surface area (Å²) in [7, 11) is -2.08. The minimum atomic E-state index is -3.38. The Morgan fingerprint density at radius 3 is 1.39 bits per heavy atom. The van der Waals surface area contributed by atoms with Gasteiger partial charge in [0.15, 0.2) is 0 Å². The summed E-state index contributed by atoms with van der Waals surface area (Å²) in [6, 6.07) is 42.3. The molecular weight excluding hydrogens is 1080 g/mol. The van der Waals surface area contributed by atoms with Crippen LogP contribution in [-0.2, 0) is 57.3 Å². The van der Waals surface area contributed by atoms with Crippen molar-refractivity contribution in [2.45, 2.75) is 50.3 Å². The molecule has 0 bridgehead atoms. The number of benzene rings is 4. The lowest BCUT2D eigenvalue weighted by Gasteiger charge is -2.46. The Hall–Kier alpha value is -8.66. The summed E-state index contributed by atoms with van der Waals surface area (Å²) >= 11 is 0. The molecule has 0 atom stereocenters. The summed E-state index contributed by atoms with van der Waals surface area (Å²) in [6.07, 6.45) is 8.63. The number of amides is 3. The van der Waals surface area contributed by atoms with Gasteiger partial charge in [0.2, 0.25) is 30.9 Å². The van der Waals surface area contributed by atoms with E-state index in [1.807, 2.05) is 142 Å². The Morgan fingerprint density at radius 2 is 1.00 bits per heavy atom. The minimum absolute atomic E-state index is 0.0534. The summed E-state index contributed by atoms with van der Waals surface area (Å²) in [4.78, 5) is 63.8. The van der Waals surface area contributed by atoms with E-state index in [1.54, 1.807) is 45.4 Å². The largest absolute Gasteiger partial charge is 0.444 e. The van der Waals surface area contributed by atoms with Crippen LogP contribution in [0.2, 0.25) is 0 Å². The molecule has 404 valence electrons. The Bertz CT molecular complexity index is 4120. The van der Waals surface area contributed by atoms with Gasteiger partial charge in [-0.1, -0.05) is 84.9 Å². The maximum atomic E-state index is 14.1. The van der Waals surface area contributed by atoms with E-state index in [4.69, 9.17) is 14.7 Å². The van der Waals surface area contributed by atoms with E-state index < -0.39 is 41.6 Å². The molecule has 0 radical (unpaired) electrons. The molecule has 21 heteroatoms. The van der Waals surface area contributed by atoms with Gasteiger partial charge in [0, 0.05) is 106 Å². The van der Waals surface area contributed by atoms with Crippen molar-refractivity contribution in [3.05, 3.63) is 180 Å². The van der Waals surface area contributed by atoms with Crippen LogP contribution in [0.1, 0.15) is 54.7 Å². The van der Waals surface area contributed by atoms with Crippen LogP contribution in [0, 0.1) is 22.7 Å². The summed E-state index contributed by atoms with van der Waals surface area (Å²) < 4.78 is 49.8. The number of carbonyl (C=O) groups excluding carboxylic acids is 3. The Labute approximate surface area is 466 Å². The number of carbonyl (C=O) groups is 3. The predicted molar refractivity (Wildman–Crippen MR) is 303 cm³/mol. The molecule has 0 N–H and O–H groups in total. The SMILES string of the molecule is CC(C)(C)OC(=O)N1CC2(C1)C(=O)N(Cc1ncc3ccccc3c1-c1ccc(C#N)nc1)c1ccccc12.CS(=O)(=O)Cl.CS(=O)(=O)N1CC2(C1)C(=O)N(Cc1ncc3ccccc3c1-c1ccc(C#N)nc1)c1ccccc12. The van der Waals surface area contributed by atoms with Crippen molar-refractivity contribution in [1.82, 2.24) is 29.1 Å². The third-order valence-electron chi connectivity index (χ3n) is 14.4. The van der Waals surface area contributed by atoms with Gasteiger partial charge in [-0.15, -0.1) is 0 Å². The first-order valence-corrected chi connectivity index (χ1v) is 29.7. The molecule has 0 unspecified atom stereocenters. The van der Waals surface area contributed by atoms with Gasteiger partial charge in [0.1, 0.15) is 40.0 Å². The fourth-order valence-electron chi connectivity index (χ4n) is 10.8. The Kier molecular flexibility index (Phi) is 14.3. The number of ether oxygens (including phenoxy) is 1. The number of rotatable bonds is 7. The van der Waals surface area contributed by atoms with E-state index in [9.17, 15) is 41.7 Å². The van der Waals surface area contributed by atoms with Crippen LogP contribution < -0.4 is 9.80 Å². The first-order chi connectivity index (χ1) is 38.0. The van der Waals surface area contributed by atoms with Crippen molar-refractivity contribution >= 4 is 80.6 Å². The van der Waals surface area contributed by atoms with Gasteiger partial charge in [0.05, 0.1) is 37.0 Å². The lowest BCUT2D eigenvalue weighted by atomic mass is 9.75. The van der Waals surface area contributed by atoms with Crippen molar-refractivity contribution < 1.29 is 36.0 Å². The number of sulfonamides is 1. The van der Waals surface area contributed by atoms with E-state index >= 15 is 0 Å². The molecule has 2 saturated heterocycles. The number of halogens is 1. The third-order valence-corrected chi connectivity index (χ3v) is 15.6. The van der Waals surface area contributed by atoms with Crippen molar-refractivity contribution in [1.29, 1.82) is 10.5 Å². The van der Waals surface area contributed by atoms with E-state index in [0.29, 0.717) is 17.1 Å². The third kappa shape index (κ3) is 10.4. The Morgan fingerprint density at radius 1 is 0.600 bits per heavy atom. The first kappa shape index (κ1) is 54.7. The quantitative estimate of drug-likeness (QED) is 0.136. The second-order valence-electron chi connectivity index (χ2n) is 21.0. The normalized spacial score (nSPS) is 15.9. The topological polar surface area (TPSA) is 241 Å². The van der Waals surface area contributed by atoms with Gasteiger partial charge in [-0.05, 0) is 79.1 Å². The minimum Gasteiger partial charge on any atom is -0.444 e. The van der Waals surface area contributed by atoms with Crippen LogP contribution in [0.15, 0.2) is 146 Å². The molecule has 4 aromatic carbocycles. The fraction of sp³-hybridized carbons (Fsp3) is 0.237. The number of likely N-dealkylation sites (tertiary alicyclic amines) is 1. The predicted octanol–water partition coefficient (Wildman–Crippen LogP) is 8.62. The molecule has 8 aromatic rings. The molecule has 3 amide bonds. The molecule has 18 nitrogen and oxygen atoms in total. The van der Waals surface area contributed by atoms with Crippen LogP contribution in [-0.4, -0.2) is 108 Å². The lowest BCUT2D eigenvalue weighted by molar-refractivity contribution is -0.129. The number of nitriles is 2. The number of pyridine rings is 4. The van der Waals surface area contributed by atoms with Crippen LogP contribution in [0.4, 0.5) is 16.2 Å². The van der Waals surface area contributed by atoms with E-state index in [1.165, 1.54) is 10.6 Å². The average molecular weight is 1130 g/mol. The highest BCUT2D eigenvalue weighted by Gasteiger charge is 2.61. The highest BCUT2D eigenvalue weighted by Crippen LogP contribution is 2.50. The van der Waals surface area contributed by atoms with Crippen LogP contribution >= 0.6 is 10.7 Å². The molecule has 2 spiro atoms. The fourth-order valence-corrected chi connectivity index (χ4v) is 11.7. The van der Waals surface area contributed by atoms with Crippen LogP contribution in [0.3, 0.4) is 0 Å². The van der Waals surface area contributed by atoms with E-state index in [2.05, 4.69) is 26.7 Å². The number of hydrogen-bond acceptors (Lipinski definition) is 14. The lowest BCUT2D eigenvalue weighted by Crippen LogP contribution is -2.65. The second kappa shape index (κ2) is 20.9. The summed E-state index contributed by atoms with van der Waals surface area (Å²) in [5, 5.41) is 22.3. The number of fused-ring (bicyclic) bond motifs is 6. The number of hydrogen-bond donors (Lipinski definition) is 0. The monoisotopic (exact) mass is 1130 g/mol. The summed E-state index contributed by atoms with van der Waals surface area (Å²) in [5.74, 6) is -0.176. The molecule has 80 heavy (non-hydrogen) atoms.